The zero-order valence-electron chi connectivity index (χ0n) is 18.8. The van der Waals surface area contributed by atoms with Crippen LogP contribution in [0.3, 0.4) is 0 Å². The number of ether oxygens (including phenoxy) is 3. The third kappa shape index (κ3) is 4.84. The van der Waals surface area contributed by atoms with Crippen LogP contribution in [0.25, 0.3) is 0 Å². The highest BCUT2D eigenvalue weighted by Gasteiger charge is 2.62. The number of benzene rings is 1. The van der Waals surface area contributed by atoms with Gasteiger partial charge in [-0.25, -0.2) is 9.79 Å². The van der Waals surface area contributed by atoms with E-state index in [1.807, 2.05) is 0 Å². The maximum atomic E-state index is 13.5. The Balaban J connectivity index is 2.84. The lowest BCUT2D eigenvalue weighted by Gasteiger charge is -2.36. The number of hydrogen-bond acceptors (Lipinski definition) is 8. The summed E-state index contributed by atoms with van der Waals surface area (Å²) in [5.74, 6) is -4.24. The Hall–Kier alpha value is -3.03. The summed E-state index contributed by atoms with van der Waals surface area (Å²) in [6.45, 7) is 9.60. The van der Waals surface area contributed by atoms with Gasteiger partial charge in [0.05, 0.1) is 24.8 Å². The Bertz CT molecular complexity index is 913. The monoisotopic (exact) mass is 431 g/mol. The first-order valence-electron chi connectivity index (χ1n) is 10.2. The largest absolute Gasteiger partial charge is 0.465 e. The second-order valence-corrected chi connectivity index (χ2v) is 8.22. The van der Waals surface area contributed by atoms with Crippen molar-refractivity contribution in [1.29, 1.82) is 0 Å². The second-order valence-electron chi connectivity index (χ2n) is 8.22. The van der Waals surface area contributed by atoms with Crippen LogP contribution in [0.5, 0.6) is 0 Å². The summed E-state index contributed by atoms with van der Waals surface area (Å²) in [6, 6.07) is 6.57. The minimum atomic E-state index is -1.97. The molecule has 0 aromatic heterocycles. The van der Waals surface area contributed by atoms with Crippen molar-refractivity contribution in [3.05, 3.63) is 29.8 Å². The van der Waals surface area contributed by atoms with Crippen molar-refractivity contribution in [3.63, 3.8) is 0 Å². The average Bonchev–Trinajstić information content (AvgIpc) is 3.01. The van der Waals surface area contributed by atoms with E-state index in [1.54, 1.807) is 58.9 Å². The topological polar surface area (TPSA) is 108 Å². The zero-order chi connectivity index (χ0) is 23.4. The van der Waals surface area contributed by atoms with Crippen LogP contribution in [-0.2, 0) is 38.8 Å². The van der Waals surface area contributed by atoms with E-state index in [1.165, 1.54) is 6.92 Å². The van der Waals surface area contributed by atoms with Gasteiger partial charge in [-0.1, -0.05) is 18.2 Å². The number of fused-ring (bicyclic) bond motifs is 1. The molecule has 0 fully saturated rings. The van der Waals surface area contributed by atoms with Gasteiger partial charge in [0, 0.05) is 12.0 Å². The summed E-state index contributed by atoms with van der Waals surface area (Å²) in [7, 11) is 0. The average molecular weight is 431 g/mol. The molecule has 1 aliphatic heterocycles. The Kier molecular flexibility index (Phi) is 7.36. The van der Waals surface area contributed by atoms with Gasteiger partial charge < -0.3 is 19.0 Å². The van der Waals surface area contributed by atoms with Gasteiger partial charge in [0.1, 0.15) is 17.1 Å². The standard InChI is InChI=1S/C23H29NO7/c1-7-29-20(27)18-23(21(28)30-8-2,15-11-9-10-12-17(15)24-18)16(13-14(3)25)19(26)31-22(4,5)6/h9-12,16H,7-8,13H2,1-6H3/t16-,23?/m1/s1. The molecule has 0 N–H and O–H groups in total. The predicted octanol–water partition coefficient (Wildman–Crippen LogP) is 3.07. The van der Waals surface area contributed by atoms with Crippen LogP contribution in [0.2, 0.25) is 0 Å². The SMILES string of the molecule is CCOC(=O)C1=Nc2ccccc2C1(C(=O)OCC)[C@H](CC(C)=O)C(=O)OC(C)(C)C. The van der Waals surface area contributed by atoms with E-state index in [2.05, 4.69) is 4.99 Å². The van der Waals surface area contributed by atoms with Gasteiger partial charge in [-0.05, 0) is 47.6 Å². The van der Waals surface area contributed by atoms with Gasteiger partial charge >= 0.3 is 17.9 Å². The van der Waals surface area contributed by atoms with E-state index < -0.39 is 34.8 Å². The lowest BCUT2D eigenvalue weighted by atomic mass is 9.66. The van der Waals surface area contributed by atoms with Crippen molar-refractivity contribution in [1.82, 2.24) is 0 Å². The molecule has 1 heterocycles. The number of hydrogen-bond donors (Lipinski definition) is 0. The van der Waals surface area contributed by atoms with Crippen molar-refractivity contribution in [2.75, 3.05) is 13.2 Å². The lowest BCUT2D eigenvalue weighted by molar-refractivity contribution is -0.168. The number of para-hydroxylation sites is 1. The van der Waals surface area contributed by atoms with E-state index in [9.17, 15) is 19.2 Å². The van der Waals surface area contributed by atoms with Crippen LogP contribution < -0.4 is 0 Å². The van der Waals surface area contributed by atoms with E-state index in [0.717, 1.165) is 0 Å². The van der Waals surface area contributed by atoms with Crippen molar-refractivity contribution in [2.45, 2.75) is 59.0 Å². The fourth-order valence-corrected chi connectivity index (χ4v) is 3.67. The van der Waals surface area contributed by atoms with Gasteiger partial charge in [-0.15, -0.1) is 0 Å². The Labute approximate surface area is 182 Å². The smallest absolute Gasteiger partial charge is 0.354 e. The number of nitrogens with zero attached hydrogens (tertiary/aromatic N) is 1. The molecular formula is C23H29NO7. The van der Waals surface area contributed by atoms with Gasteiger partial charge in [-0.2, -0.15) is 0 Å². The summed E-state index contributed by atoms with van der Waals surface area (Å²) < 4.78 is 16.1. The van der Waals surface area contributed by atoms with Gasteiger partial charge in [0.2, 0.25) is 0 Å². The van der Waals surface area contributed by atoms with E-state index in [0.29, 0.717) is 11.3 Å². The molecule has 0 saturated heterocycles. The third-order valence-electron chi connectivity index (χ3n) is 4.71. The second kappa shape index (κ2) is 9.41. The number of Topliss-reactive ketones (excluding diaryl/α,β-unsaturated/α-hetero) is 1. The summed E-state index contributed by atoms with van der Waals surface area (Å²) in [5, 5.41) is 0. The highest BCUT2D eigenvalue weighted by Crippen LogP contribution is 2.48. The molecule has 8 nitrogen and oxygen atoms in total. The summed E-state index contributed by atoms with van der Waals surface area (Å²) in [5.41, 5.74) is -2.51. The van der Waals surface area contributed by atoms with E-state index in [-0.39, 0.29) is 31.1 Å². The first-order chi connectivity index (χ1) is 14.5. The number of carbonyl (C=O) groups is 4. The van der Waals surface area contributed by atoms with Crippen LogP contribution in [0, 0.1) is 5.92 Å². The lowest BCUT2D eigenvalue weighted by Crippen LogP contribution is -2.56. The first-order valence-corrected chi connectivity index (χ1v) is 10.2. The highest BCUT2D eigenvalue weighted by atomic mass is 16.6. The van der Waals surface area contributed by atoms with Crippen LogP contribution in [-0.4, -0.2) is 48.2 Å². The fraction of sp³-hybridized carbons (Fsp3) is 0.522. The van der Waals surface area contributed by atoms with Crippen molar-refractivity contribution < 1.29 is 33.4 Å². The molecule has 8 heteroatoms. The quantitative estimate of drug-likeness (QED) is 0.460. The molecule has 168 valence electrons. The summed E-state index contributed by atoms with van der Waals surface area (Å²) in [6.07, 6.45) is -0.347. The maximum absolute atomic E-state index is 13.5. The van der Waals surface area contributed by atoms with E-state index >= 15 is 0 Å². The normalized spacial score (nSPS) is 18.5. The summed E-state index contributed by atoms with van der Waals surface area (Å²) in [4.78, 5) is 56.4. The zero-order valence-corrected chi connectivity index (χ0v) is 18.8. The minimum absolute atomic E-state index is 0.0000342. The minimum Gasteiger partial charge on any atom is -0.465 e. The number of rotatable bonds is 8. The molecule has 0 spiro atoms. The van der Waals surface area contributed by atoms with Gasteiger partial charge in [0.15, 0.2) is 5.41 Å². The summed E-state index contributed by atoms with van der Waals surface area (Å²) >= 11 is 0. The van der Waals surface area contributed by atoms with E-state index in [4.69, 9.17) is 14.2 Å². The number of aliphatic imine (C=N–C) groups is 1. The number of esters is 3. The molecule has 2 atom stereocenters. The molecule has 2 rings (SSSR count). The molecule has 31 heavy (non-hydrogen) atoms. The Morgan fingerprint density at radius 3 is 2.19 bits per heavy atom. The molecule has 0 bridgehead atoms. The molecule has 1 aromatic rings. The number of ketones is 1. The Morgan fingerprint density at radius 2 is 1.65 bits per heavy atom. The van der Waals surface area contributed by atoms with Gasteiger partial charge in [-0.3, -0.25) is 9.59 Å². The van der Waals surface area contributed by atoms with Crippen molar-refractivity contribution in [2.24, 2.45) is 10.9 Å². The van der Waals surface area contributed by atoms with Crippen molar-refractivity contribution in [3.8, 4) is 0 Å². The predicted molar refractivity (Wildman–Crippen MR) is 113 cm³/mol. The maximum Gasteiger partial charge on any atom is 0.354 e. The van der Waals surface area contributed by atoms with Crippen LogP contribution in [0.1, 0.15) is 53.5 Å². The molecule has 1 aliphatic rings. The highest BCUT2D eigenvalue weighted by molar-refractivity contribution is 6.47. The molecule has 0 radical (unpaired) electrons. The molecule has 0 amide bonds. The third-order valence-corrected chi connectivity index (χ3v) is 4.71. The molecule has 1 aromatic carbocycles. The van der Waals surface area contributed by atoms with Crippen LogP contribution >= 0.6 is 0 Å². The van der Waals surface area contributed by atoms with Crippen LogP contribution in [0.4, 0.5) is 5.69 Å². The molecule has 0 aliphatic carbocycles. The number of carbonyl (C=O) groups excluding carboxylic acids is 4. The van der Waals surface area contributed by atoms with Crippen molar-refractivity contribution >= 4 is 35.1 Å². The van der Waals surface area contributed by atoms with Gasteiger partial charge in [0.25, 0.3) is 0 Å². The molecule has 0 saturated carbocycles. The van der Waals surface area contributed by atoms with Crippen LogP contribution in [0.15, 0.2) is 29.3 Å². The first kappa shape index (κ1) is 24.2. The molecule has 1 unspecified atom stereocenters. The fourth-order valence-electron chi connectivity index (χ4n) is 3.67. The molecular weight excluding hydrogens is 402 g/mol. The Morgan fingerprint density at radius 1 is 1.03 bits per heavy atom.